The zero-order valence-corrected chi connectivity index (χ0v) is 19.8. The Balaban J connectivity index is 1.21. The van der Waals surface area contributed by atoms with Crippen molar-refractivity contribution in [1.29, 1.82) is 0 Å². The van der Waals surface area contributed by atoms with Crippen molar-refractivity contribution in [3.05, 3.63) is 70.6 Å². The van der Waals surface area contributed by atoms with Crippen molar-refractivity contribution in [1.82, 2.24) is 20.4 Å². The van der Waals surface area contributed by atoms with Crippen molar-refractivity contribution in [3.8, 4) is 11.4 Å². The summed E-state index contributed by atoms with van der Waals surface area (Å²) < 4.78 is 32.4. The van der Waals surface area contributed by atoms with Gasteiger partial charge in [-0.05, 0) is 67.6 Å². The summed E-state index contributed by atoms with van der Waals surface area (Å²) in [5.41, 5.74) is 2.43. The highest BCUT2D eigenvalue weighted by molar-refractivity contribution is 5.80. The Labute approximate surface area is 202 Å². The van der Waals surface area contributed by atoms with Gasteiger partial charge in [0.1, 0.15) is 11.6 Å². The molecule has 3 aromatic rings. The van der Waals surface area contributed by atoms with Crippen LogP contribution in [0.4, 0.5) is 8.78 Å². The molecule has 1 saturated heterocycles. The van der Waals surface area contributed by atoms with E-state index in [-0.39, 0.29) is 42.3 Å². The predicted molar refractivity (Wildman–Crippen MR) is 125 cm³/mol. The summed E-state index contributed by atoms with van der Waals surface area (Å²) in [6.07, 6.45) is 1.68. The minimum absolute atomic E-state index is 0.0311. The monoisotopic (exact) mass is 482 g/mol. The highest BCUT2D eigenvalue weighted by Gasteiger charge is 2.27. The van der Waals surface area contributed by atoms with Crippen LogP contribution < -0.4 is 5.32 Å². The number of hydrogen-bond acceptors (Lipinski definition) is 5. The maximum Gasteiger partial charge on any atom is 0.227 e. The molecule has 1 N–H and O–H groups in total. The number of nitrogens with one attached hydrogen (secondary N) is 1. The van der Waals surface area contributed by atoms with Crippen molar-refractivity contribution in [2.24, 2.45) is 5.92 Å². The molecule has 9 heteroatoms. The molecule has 2 heterocycles. The fraction of sp³-hybridized carbons (Fsp3) is 0.385. The first-order valence-corrected chi connectivity index (χ1v) is 11.7. The zero-order valence-electron chi connectivity index (χ0n) is 19.8. The molecule has 0 unspecified atom stereocenters. The summed E-state index contributed by atoms with van der Waals surface area (Å²) in [5.74, 6) is -0.166. The van der Waals surface area contributed by atoms with Gasteiger partial charge in [0, 0.05) is 44.0 Å². The number of carbonyl (C=O) groups is 2. The standard InChI is InChI=1S/C26H28F2N4O3/c1-16-3-4-18(14-22(16)28)15-29-26(34)19-9-11-32(12-10-19)24(33)8-7-23-30-25(31-35-23)20-5-6-21(27)17(2)13-20/h3-6,13-14,19H,7-12,15H2,1-2H3,(H,29,34). The minimum Gasteiger partial charge on any atom is -0.352 e. The van der Waals surface area contributed by atoms with Gasteiger partial charge in [-0.2, -0.15) is 4.98 Å². The van der Waals surface area contributed by atoms with Crippen LogP contribution in [0.15, 0.2) is 40.9 Å². The first kappa shape index (κ1) is 24.5. The third kappa shape index (κ3) is 6.09. The predicted octanol–water partition coefficient (Wildman–Crippen LogP) is 4.12. The van der Waals surface area contributed by atoms with E-state index in [1.54, 1.807) is 43.0 Å². The van der Waals surface area contributed by atoms with Gasteiger partial charge in [0.15, 0.2) is 0 Å². The molecule has 0 aliphatic carbocycles. The first-order valence-electron chi connectivity index (χ1n) is 11.7. The Hall–Kier alpha value is -3.62. The van der Waals surface area contributed by atoms with E-state index in [9.17, 15) is 18.4 Å². The highest BCUT2D eigenvalue weighted by Crippen LogP contribution is 2.21. The smallest absolute Gasteiger partial charge is 0.227 e. The van der Waals surface area contributed by atoms with Crippen LogP contribution in [0.1, 0.15) is 41.8 Å². The van der Waals surface area contributed by atoms with Gasteiger partial charge < -0.3 is 14.7 Å². The average molecular weight is 483 g/mol. The second-order valence-corrected chi connectivity index (χ2v) is 8.93. The van der Waals surface area contributed by atoms with Gasteiger partial charge >= 0.3 is 0 Å². The molecule has 2 amide bonds. The maximum absolute atomic E-state index is 13.7. The quantitative estimate of drug-likeness (QED) is 0.547. The molecule has 1 fully saturated rings. The average Bonchev–Trinajstić information content (AvgIpc) is 3.34. The maximum atomic E-state index is 13.7. The van der Waals surface area contributed by atoms with Crippen molar-refractivity contribution in [2.75, 3.05) is 13.1 Å². The lowest BCUT2D eigenvalue weighted by Crippen LogP contribution is -2.43. The van der Waals surface area contributed by atoms with Crippen molar-refractivity contribution >= 4 is 11.8 Å². The van der Waals surface area contributed by atoms with E-state index in [1.807, 2.05) is 0 Å². The summed E-state index contributed by atoms with van der Waals surface area (Å²) in [7, 11) is 0. The van der Waals surface area contributed by atoms with Crippen LogP contribution in [-0.2, 0) is 22.6 Å². The van der Waals surface area contributed by atoms with Crippen molar-refractivity contribution < 1.29 is 22.9 Å². The van der Waals surface area contributed by atoms with Gasteiger partial charge in [-0.15, -0.1) is 0 Å². The lowest BCUT2D eigenvalue weighted by atomic mass is 9.95. The van der Waals surface area contributed by atoms with Gasteiger partial charge in [0.05, 0.1) is 0 Å². The van der Waals surface area contributed by atoms with Gasteiger partial charge in [-0.25, -0.2) is 8.78 Å². The molecule has 35 heavy (non-hydrogen) atoms. The number of carbonyl (C=O) groups excluding carboxylic acids is 2. The Kier molecular flexibility index (Phi) is 7.53. The van der Waals surface area contributed by atoms with Crippen LogP contribution in [0.5, 0.6) is 0 Å². The Bertz CT molecular complexity index is 1220. The molecule has 7 nitrogen and oxygen atoms in total. The second kappa shape index (κ2) is 10.8. The molecule has 0 radical (unpaired) electrons. The number of piperidine rings is 1. The Morgan fingerprint density at radius 2 is 1.83 bits per heavy atom. The van der Waals surface area contributed by atoms with Crippen LogP contribution in [-0.4, -0.2) is 39.9 Å². The molecular formula is C26H28F2N4O3. The number of nitrogens with zero attached hydrogens (tertiary/aromatic N) is 3. The van der Waals surface area contributed by atoms with E-state index < -0.39 is 0 Å². The first-order chi connectivity index (χ1) is 16.8. The van der Waals surface area contributed by atoms with Gasteiger partial charge in [-0.1, -0.05) is 17.3 Å². The highest BCUT2D eigenvalue weighted by atomic mass is 19.1. The molecular weight excluding hydrogens is 454 g/mol. The van der Waals surface area contributed by atoms with E-state index in [0.717, 1.165) is 0 Å². The topological polar surface area (TPSA) is 88.3 Å². The fourth-order valence-corrected chi connectivity index (χ4v) is 4.10. The molecule has 4 rings (SSSR count). The molecule has 0 bridgehead atoms. The largest absolute Gasteiger partial charge is 0.352 e. The summed E-state index contributed by atoms with van der Waals surface area (Å²) >= 11 is 0. The summed E-state index contributed by atoms with van der Waals surface area (Å²) in [5, 5.41) is 6.80. The number of amides is 2. The van der Waals surface area contributed by atoms with E-state index >= 15 is 0 Å². The third-order valence-electron chi connectivity index (χ3n) is 6.36. The van der Waals surface area contributed by atoms with Crippen LogP contribution >= 0.6 is 0 Å². The molecule has 184 valence electrons. The van der Waals surface area contributed by atoms with E-state index in [4.69, 9.17) is 4.52 Å². The van der Waals surface area contributed by atoms with Crippen molar-refractivity contribution in [3.63, 3.8) is 0 Å². The molecule has 1 aromatic heterocycles. The molecule has 0 saturated carbocycles. The normalized spacial score (nSPS) is 14.2. The Morgan fingerprint density at radius 3 is 2.54 bits per heavy atom. The number of halogens is 2. The fourth-order valence-electron chi connectivity index (χ4n) is 4.10. The third-order valence-corrected chi connectivity index (χ3v) is 6.36. The van der Waals surface area contributed by atoms with Crippen LogP contribution in [0.3, 0.4) is 0 Å². The Morgan fingerprint density at radius 1 is 1.06 bits per heavy atom. The molecule has 1 aliphatic heterocycles. The van der Waals surface area contributed by atoms with Crippen molar-refractivity contribution in [2.45, 2.75) is 46.1 Å². The number of hydrogen-bond donors (Lipinski definition) is 1. The number of rotatable bonds is 7. The van der Waals surface area contributed by atoms with Crippen LogP contribution in [0.25, 0.3) is 11.4 Å². The van der Waals surface area contributed by atoms with E-state index in [2.05, 4.69) is 15.5 Å². The van der Waals surface area contributed by atoms with E-state index in [0.29, 0.717) is 66.3 Å². The summed E-state index contributed by atoms with van der Waals surface area (Å²) in [6.45, 7) is 4.64. The van der Waals surface area contributed by atoms with Crippen LogP contribution in [0, 0.1) is 31.4 Å². The summed E-state index contributed by atoms with van der Waals surface area (Å²) in [4.78, 5) is 31.2. The lowest BCUT2D eigenvalue weighted by molar-refractivity contribution is -0.135. The number of benzene rings is 2. The number of aromatic nitrogens is 2. The van der Waals surface area contributed by atoms with Gasteiger partial charge in [-0.3, -0.25) is 9.59 Å². The second-order valence-electron chi connectivity index (χ2n) is 8.93. The molecule has 2 aromatic carbocycles. The number of aryl methyl sites for hydroxylation is 3. The molecule has 0 atom stereocenters. The SMILES string of the molecule is Cc1cc(-c2noc(CCC(=O)N3CCC(C(=O)NCc4ccc(C)c(F)c4)CC3)n2)ccc1F. The summed E-state index contributed by atoms with van der Waals surface area (Å²) in [6, 6.07) is 9.52. The molecule has 0 spiro atoms. The lowest BCUT2D eigenvalue weighted by Gasteiger charge is -2.31. The molecule has 1 aliphatic rings. The van der Waals surface area contributed by atoms with Crippen LogP contribution in [0.2, 0.25) is 0 Å². The van der Waals surface area contributed by atoms with Gasteiger partial charge in [0.25, 0.3) is 0 Å². The number of likely N-dealkylation sites (tertiary alicyclic amines) is 1. The zero-order chi connectivity index (χ0) is 24.9. The van der Waals surface area contributed by atoms with E-state index in [1.165, 1.54) is 12.1 Å². The van der Waals surface area contributed by atoms with Gasteiger partial charge in [0.2, 0.25) is 23.5 Å². The minimum atomic E-state index is -0.300.